The Bertz CT molecular complexity index is 855. The fourth-order valence-corrected chi connectivity index (χ4v) is 3.05. The van der Waals surface area contributed by atoms with Gasteiger partial charge in [-0.25, -0.2) is 4.79 Å². The molecule has 3 nitrogen and oxygen atoms in total. The number of ether oxygens (including phenoxy) is 1. The number of carbonyl (C=O) groups is 1. The van der Waals surface area contributed by atoms with Crippen LogP contribution in [0.15, 0.2) is 48.7 Å². The molecule has 0 saturated heterocycles. The first-order chi connectivity index (χ1) is 10.6. The lowest BCUT2D eigenvalue weighted by molar-refractivity contribution is 0.0601. The second kappa shape index (κ2) is 6.03. The van der Waals surface area contributed by atoms with Crippen molar-refractivity contribution in [1.29, 1.82) is 0 Å². The van der Waals surface area contributed by atoms with E-state index in [0.29, 0.717) is 22.2 Å². The molecule has 0 radical (unpaired) electrons. The maximum absolute atomic E-state index is 11.7. The highest BCUT2D eigenvalue weighted by Crippen LogP contribution is 2.28. The summed E-state index contributed by atoms with van der Waals surface area (Å²) in [7, 11) is 1.34. The van der Waals surface area contributed by atoms with Crippen molar-refractivity contribution in [3.63, 3.8) is 0 Å². The largest absolute Gasteiger partial charge is 0.465 e. The first kappa shape index (κ1) is 14.9. The van der Waals surface area contributed by atoms with Crippen molar-refractivity contribution in [3.8, 4) is 0 Å². The zero-order chi connectivity index (χ0) is 15.7. The molecular weight excluding hydrogens is 321 g/mol. The van der Waals surface area contributed by atoms with Crippen LogP contribution >= 0.6 is 23.2 Å². The van der Waals surface area contributed by atoms with Crippen LogP contribution in [0, 0.1) is 0 Å². The average Bonchev–Trinajstić information content (AvgIpc) is 2.93. The molecule has 0 fully saturated rings. The van der Waals surface area contributed by atoms with Crippen molar-refractivity contribution >= 4 is 40.1 Å². The van der Waals surface area contributed by atoms with Gasteiger partial charge in [-0.05, 0) is 23.8 Å². The van der Waals surface area contributed by atoms with Gasteiger partial charge in [-0.2, -0.15) is 0 Å². The van der Waals surface area contributed by atoms with Crippen molar-refractivity contribution in [2.45, 2.75) is 6.54 Å². The molecule has 0 N–H and O–H groups in total. The number of carbonyl (C=O) groups excluding carboxylic acids is 1. The number of halogens is 2. The third-order valence-corrected chi connectivity index (χ3v) is 4.32. The van der Waals surface area contributed by atoms with Crippen LogP contribution in [0.4, 0.5) is 0 Å². The van der Waals surface area contributed by atoms with E-state index in [2.05, 4.69) is 0 Å². The lowest BCUT2D eigenvalue weighted by Gasteiger charge is -2.11. The Balaban J connectivity index is 2.04. The van der Waals surface area contributed by atoms with Gasteiger partial charge in [0, 0.05) is 18.1 Å². The second-order valence-corrected chi connectivity index (χ2v) is 5.68. The zero-order valence-corrected chi connectivity index (χ0v) is 13.4. The molecule has 0 unspecified atom stereocenters. The average molecular weight is 334 g/mol. The molecule has 0 atom stereocenters. The number of fused-ring (bicyclic) bond motifs is 1. The van der Waals surface area contributed by atoms with Gasteiger partial charge < -0.3 is 9.30 Å². The van der Waals surface area contributed by atoms with Crippen LogP contribution in [-0.2, 0) is 11.3 Å². The number of hydrogen-bond donors (Lipinski definition) is 0. The molecule has 3 rings (SSSR count). The summed E-state index contributed by atoms with van der Waals surface area (Å²) in [5.41, 5.74) is 2.15. The van der Waals surface area contributed by atoms with Gasteiger partial charge in [0.15, 0.2) is 0 Å². The highest BCUT2D eigenvalue weighted by Gasteiger charge is 2.14. The van der Waals surface area contributed by atoms with E-state index in [1.165, 1.54) is 7.11 Å². The van der Waals surface area contributed by atoms with E-state index in [4.69, 9.17) is 27.9 Å². The molecule has 0 aliphatic rings. The van der Waals surface area contributed by atoms with Gasteiger partial charge in [0.05, 0.1) is 28.2 Å². The molecular formula is C17H13Cl2NO2. The van der Waals surface area contributed by atoms with Gasteiger partial charge in [-0.3, -0.25) is 0 Å². The molecule has 0 saturated carbocycles. The molecule has 0 aliphatic heterocycles. The van der Waals surface area contributed by atoms with E-state index in [1.807, 2.05) is 41.1 Å². The van der Waals surface area contributed by atoms with Crippen LogP contribution in [0.5, 0.6) is 0 Å². The van der Waals surface area contributed by atoms with Gasteiger partial charge in [0.2, 0.25) is 0 Å². The molecule has 0 aliphatic carbocycles. The Morgan fingerprint density at radius 2 is 1.91 bits per heavy atom. The van der Waals surface area contributed by atoms with Crippen LogP contribution in [0.2, 0.25) is 10.0 Å². The smallest absolute Gasteiger partial charge is 0.339 e. The van der Waals surface area contributed by atoms with Crippen LogP contribution in [-0.4, -0.2) is 17.6 Å². The minimum Gasteiger partial charge on any atom is -0.465 e. The van der Waals surface area contributed by atoms with Crippen molar-refractivity contribution in [2.24, 2.45) is 0 Å². The van der Waals surface area contributed by atoms with Crippen molar-refractivity contribution in [3.05, 3.63) is 69.8 Å². The summed E-state index contributed by atoms with van der Waals surface area (Å²) in [6.45, 7) is 0.525. The zero-order valence-electron chi connectivity index (χ0n) is 11.8. The molecule has 5 heteroatoms. The summed E-state index contributed by atoms with van der Waals surface area (Å²) >= 11 is 12.6. The number of rotatable bonds is 3. The van der Waals surface area contributed by atoms with Gasteiger partial charge in [-0.15, -0.1) is 0 Å². The monoisotopic (exact) mass is 333 g/mol. The van der Waals surface area contributed by atoms with Crippen LogP contribution in [0.1, 0.15) is 15.9 Å². The number of nitrogens with zero attached hydrogens (tertiary/aromatic N) is 1. The molecule has 0 spiro atoms. The Morgan fingerprint density at radius 1 is 1.14 bits per heavy atom. The molecule has 0 amide bonds. The fourth-order valence-electron chi connectivity index (χ4n) is 2.50. The minimum absolute atomic E-state index is 0.365. The minimum atomic E-state index is -0.442. The second-order valence-electron chi connectivity index (χ2n) is 4.89. The lowest BCUT2D eigenvalue weighted by atomic mass is 10.1. The summed E-state index contributed by atoms with van der Waals surface area (Å²) in [6, 6.07) is 13.1. The predicted molar refractivity (Wildman–Crippen MR) is 88.8 cm³/mol. The van der Waals surface area contributed by atoms with Gasteiger partial charge >= 0.3 is 5.97 Å². The molecule has 1 aromatic heterocycles. The predicted octanol–water partition coefficient (Wildman–Crippen LogP) is 4.78. The van der Waals surface area contributed by atoms with Gasteiger partial charge in [0.1, 0.15) is 0 Å². The standard InChI is InChI=1S/C17H13Cl2NO2/c1-22-17(21)13-6-2-5-12(15(13)19)10-20-9-8-11-4-3-7-14(18)16(11)20/h2-9H,10H2,1H3. The molecule has 0 bridgehead atoms. The number of hydrogen-bond acceptors (Lipinski definition) is 2. The van der Waals surface area contributed by atoms with E-state index in [-0.39, 0.29) is 0 Å². The quantitative estimate of drug-likeness (QED) is 0.645. The molecule has 1 heterocycles. The maximum Gasteiger partial charge on any atom is 0.339 e. The number of benzene rings is 2. The lowest BCUT2D eigenvalue weighted by Crippen LogP contribution is -2.06. The molecule has 3 aromatic rings. The Morgan fingerprint density at radius 3 is 2.68 bits per heavy atom. The highest BCUT2D eigenvalue weighted by atomic mass is 35.5. The van der Waals surface area contributed by atoms with Crippen LogP contribution in [0.3, 0.4) is 0 Å². The number of para-hydroxylation sites is 1. The van der Waals surface area contributed by atoms with Gasteiger partial charge in [-0.1, -0.05) is 47.5 Å². The maximum atomic E-state index is 11.7. The molecule has 2 aromatic carbocycles. The van der Waals surface area contributed by atoms with Crippen molar-refractivity contribution < 1.29 is 9.53 Å². The van der Waals surface area contributed by atoms with E-state index in [1.54, 1.807) is 12.1 Å². The summed E-state index contributed by atoms with van der Waals surface area (Å²) in [5, 5.41) is 2.15. The van der Waals surface area contributed by atoms with Gasteiger partial charge in [0.25, 0.3) is 0 Å². The highest BCUT2D eigenvalue weighted by molar-refractivity contribution is 6.35. The molecule has 22 heavy (non-hydrogen) atoms. The third kappa shape index (κ3) is 2.58. The SMILES string of the molecule is COC(=O)c1cccc(Cn2ccc3cccc(Cl)c32)c1Cl. The first-order valence-corrected chi connectivity index (χ1v) is 7.46. The Labute approximate surface area is 138 Å². The van der Waals surface area contributed by atoms with E-state index < -0.39 is 5.97 Å². The normalized spacial score (nSPS) is 10.9. The first-order valence-electron chi connectivity index (χ1n) is 6.71. The number of aromatic nitrogens is 1. The van der Waals surface area contributed by atoms with Crippen LogP contribution < -0.4 is 0 Å². The Hall–Kier alpha value is -1.97. The fraction of sp³-hybridized carbons (Fsp3) is 0.118. The van der Waals surface area contributed by atoms with E-state index in [0.717, 1.165) is 16.5 Å². The number of methoxy groups -OCH3 is 1. The summed E-state index contributed by atoms with van der Waals surface area (Å²) < 4.78 is 6.76. The summed E-state index contributed by atoms with van der Waals surface area (Å²) in [6.07, 6.45) is 1.96. The van der Waals surface area contributed by atoms with Crippen molar-refractivity contribution in [1.82, 2.24) is 4.57 Å². The summed E-state index contributed by atoms with van der Waals surface area (Å²) in [5.74, 6) is -0.442. The Kier molecular flexibility index (Phi) is 4.10. The van der Waals surface area contributed by atoms with Crippen molar-refractivity contribution in [2.75, 3.05) is 7.11 Å². The third-order valence-electron chi connectivity index (χ3n) is 3.56. The van der Waals surface area contributed by atoms with E-state index in [9.17, 15) is 4.79 Å². The topological polar surface area (TPSA) is 31.2 Å². The molecule has 112 valence electrons. The number of esters is 1. The summed E-state index contributed by atoms with van der Waals surface area (Å²) in [4.78, 5) is 11.7. The van der Waals surface area contributed by atoms with Crippen LogP contribution in [0.25, 0.3) is 10.9 Å². The van der Waals surface area contributed by atoms with E-state index >= 15 is 0 Å².